The number of nitrogens with one attached hydrogen (secondary N) is 1. The van der Waals surface area contributed by atoms with Crippen LogP contribution in [0.3, 0.4) is 0 Å². The second-order valence-corrected chi connectivity index (χ2v) is 7.74. The second-order valence-electron chi connectivity index (χ2n) is 7.74. The molecule has 0 atom stereocenters. The number of aromatic nitrogens is 1. The number of hydrogen-bond donors (Lipinski definition) is 1. The zero-order valence-electron chi connectivity index (χ0n) is 18.1. The molecule has 0 spiro atoms. The molecular formula is C27H20N2O4. The van der Waals surface area contributed by atoms with Crippen LogP contribution in [0, 0.1) is 6.92 Å². The number of hydrogen-bond acceptors (Lipinski definition) is 5. The van der Waals surface area contributed by atoms with E-state index in [0.29, 0.717) is 55.7 Å². The Labute approximate surface area is 190 Å². The van der Waals surface area contributed by atoms with Gasteiger partial charge < -0.3 is 10.1 Å². The van der Waals surface area contributed by atoms with Crippen molar-refractivity contribution in [2.75, 3.05) is 11.9 Å². The van der Waals surface area contributed by atoms with Gasteiger partial charge in [-0.05, 0) is 43.7 Å². The van der Waals surface area contributed by atoms with E-state index >= 15 is 0 Å². The van der Waals surface area contributed by atoms with Gasteiger partial charge in [-0.3, -0.25) is 14.6 Å². The van der Waals surface area contributed by atoms with Gasteiger partial charge >= 0.3 is 5.97 Å². The summed E-state index contributed by atoms with van der Waals surface area (Å²) in [5.41, 5.74) is 4.32. The van der Waals surface area contributed by atoms with Gasteiger partial charge in [-0.1, -0.05) is 42.5 Å². The molecule has 1 aliphatic rings. The average Bonchev–Trinajstić information content (AvgIpc) is 2.83. The first-order valence-corrected chi connectivity index (χ1v) is 10.7. The molecule has 0 saturated carbocycles. The van der Waals surface area contributed by atoms with Crippen LogP contribution in [0.2, 0.25) is 0 Å². The van der Waals surface area contributed by atoms with E-state index in [1.165, 1.54) is 0 Å². The van der Waals surface area contributed by atoms with E-state index in [4.69, 9.17) is 4.74 Å². The van der Waals surface area contributed by atoms with Crippen molar-refractivity contribution in [2.45, 2.75) is 13.8 Å². The summed E-state index contributed by atoms with van der Waals surface area (Å²) >= 11 is 0. The Hall–Kier alpha value is -4.32. The molecule has 6 nitrogen and oxygen atoms in total. The highest BCUT2D eigenvalue weighted by molar-refractivity contribution is 6.30. The Kier molecular flexibility index (Phi) is 4.98. The number of ether oxygens (including phenoxy) is 1. The van der Waals surface area contributed by atoms with Crippen molar-refractivity contribution in [1.82, 2.24) is 4.98 Å². The van der Waals surface area contributed by atoms with Gasteiger partial charge in [0.25, 0.3) is 5.91 Å². The first kappa shape index (κ1) is 20.6. The molecule has 0 saturated heterocycles. The van der Waals surface area contributed by atoms with Crippen molar-refractivity contribution in [2.24, 2.45) is 0 Å². The molecule has 1 N–H and O–H groups in total. The normalized spacial score (nSPS) is 11.8. The fraction of sp³-hybridized carbons (Fsp3) is 0.111. The van der Waals surface area contributed by atoms with Crippen LogP contribution < -0.4 is 5.32 Å². The van der Waals surface area contributed by atoms with E-state index in [9.17, 15) is 14.4 Å². The minimum atomic E-state index is -0.492. The molecule has 1 aliphatic carbocycles. The number of benzene rings is 3. The minimum absolute atomic E-state index is 0.219. The summed E-state index contributed by atoms with van der Waals surface area (Å²) in [5.74, 6) is -1.05. The monoisotopic (exact) mass is 436 g/mol. The van der Waals surface area contributed by atoms with Crippen LogP contribution in [0.15, 0.2) is 66.7 Å². The predicted molar refractivity (Wildman–Crippen MR) is 126 cm³/mol. The zero-order valence-corrected chi connectivity index (χ0v) is 18.1. The highest BCUT2D eigenvalue weighted by atomic mass is 16.5. The number of fused-ring (bicyclic) bond motifs is 2. The molecule has 4 aromatic rings. The Bertz CT molecular complexity index is 1460. The lowest BCUT2D eigenvalue weighted by Crippen LogP contribution is -2.20. The quantitative estimate of drug-likeness (QED) is 0.392. The summed E-state index contributed by atoms with van der Waals surface area (Å²) in [6, 6.07) is 19.4. The van der Waals surface area contributed by atoms with E-state index in [1.807, 2.05) is 18.2 Å². The van der Waals surface area contributed by atoms with Crippen molar-refractivity contribution in [3.63, 3.8) is 0 Å². The van der Waals surface area contributed by atoms with Crippen molar-refractivity contribution in [3.05, 3.63) is 94.7 Å². The Morgan fingerprint density at radius 3 is 2.33 bits per heavy atom. The number of ketones is 1. The van der Waals surface area contributed by atoms with Crippen LogP contribution >= 0.6 is 0 Å². The SMILES string of the molecule is CCOC(=O)c1c(C)nc2ccc(NC(=O)c3ccccc3)c3c2c1-c1ccccc1C3=O. The number of rotatable bonds is 4. The van der Waals surface area contributed by atoms with Crippen LogP contribution in [0.5, 0.6) is 0 Å². The smallest absolute Gasteiger partial charge is 0.340 e. The summed E-state index contributed by atoms with van der Waals surface area (Å²) in [6.45, 7) is 3.72. The van der Waals surface area contributed by atoms with Gasteiger partial charge in [-0.25, -0.2) is 4.79 Å². The van der Waals surface area contributed by atoms with Gasteiger partial charge in [0.1, 0.15) is 0 Å². The van der Waals surface area contributed by atoms with Gasteiger partial charge in [0.2, 0.25) is 0 Å². The summed E-state index contributed by atoms with van der Waals surface area (Å²) in [7, 11) is 0. The predicted octanol–water partition coefficient (Wildman–Crippen LogP) is 5.18. The van der Waals surface area contributed by atoms with Gasteiger partial charge in [0, 0.05) is 22.1 Å². The Balaban J connectivity index is 1.81. The summed E-state index contributed by atoms with van der Waals surface area (Å²) in [5, 5.41) is 3.42. The van der Waals surface area contributed by atoms with Crippen LogP contribution in [0.1, 0.15) is 49.3 Å². The number of anilines is 1. The third-order valence-corrected chi connectivity index (χ3v) is 5.77. The van der Waals surface area contributed by atoms with Gasteiger partial charge in [0.05, 0.1) is 34.6 Å². The third-order valence-electron chi connectivity index (χ3n) is 5.77. The van der Waals surface area contributed by atoms with E-state index in [0.717, 1.165) is 0 Å². The molecule has 162 valence electrons. The van der Waals surface area contributed by atoms with Gasteiger partial charge in [-0.15, -0.1) is 0 Å². The second kappa shape index (κ2) is 7.98. The zero-order chi connectivity index (χ0) is 23.1. The van der Waals surface area contributed by atoms with Crippen molar-refractivity contribution in [1.29, 1.82) is 0 Å². The molecule has 6 heteroatoms. The number of amides is 1. The molecule has 0 unspecified atom stereocenters. The van der Waals surface area contributed by atoms with Crippen LogP contribution in [-0.4, -0.2) is 29.3 Å². The Morgan fingerprint density at radius 2 is 1.61 bits per heavy atom. The third kappa shape index (κ3) is 3.27. The van der Waals surface area contributed by atoms with E-state index < -0.39 is 5.97 Å². The maximum atomic E-state index is 13.6. The molecule has 1 amide bonds. The number of aryl methyl sites for hydroxylation is 1. The number of carbonyl (C=O) groups excluding carboxylic acids is 3. The Morgan fingerprint density at radius 1 is 0.909 bits per heavy atom. The molecule has 3 aromatic carbocycles. The molecule has 0 radical (unpaired) electrons. The molecule has 1 heterocycles. The number of carbonyl (C=O) groups is 3. The van der Waals surface area contributed by atoms with E-state index in [2.05, 4.69) is 10.3 Å². The maximum Gasteiger partial charge on any atom is 0.340 e. The van der Waals surface area contributed by atoms with Gasteiger partial charge in [0.15, 0.2) is 5.78 Å². The average molecular weight is 436 g/mol. The van der Waals surface area contributed by atoms with Crippen molar-refractivity contribution < 1.29 is 19.1 Å². The van der Waals surface area contributed by atoms with Crippen molar-refractivity contribution >= 4 is 34.3 Å². The topological polar surface area (TPSA) is 85.4 Å². The minimum Gasteiger partial charge on any atom is -0.462 e. The number of pyridine rings is 1. The van der Waals surface area contributed by atoms with Crippen LogP contribution in [0.4, 0.5) is 5.69 Å². The first-order chi connectivity index (χ1) is 16.0. The van der Waals surface area contributed by atoms with Gasteiger partial charge in [-0.2, -0.15) is 0 Å². The molecule has 1 aromatic heterocycles. The lowest BCUT2D eigenvalue weighted by molar-refractivity contribution is 0.0525. The van der Waals surface area contributed by atoms with Crippen LogP contribution in [-0.2, 0) is 4.74 Å². The molecule has 33 heavy (non-hydrogen) atoms. The fourth-order valence-electron chi connectivity index (χ4n) is 4.36. The number of esters is 1. The summed E-state index contributed by atoms with van der Waals surface area (Å²) < 4.78 is 5.33. The highest BCUT2D eigenvalue weighted by Gasteiger charge is 2.33. The largest absolute Gasteiger partial charge is 0.462 e. The number of nitrogens with zero attached hydrogens (tertiary/aromatic N) is 1. The maximum absolute atomic E-state index is 13.6. The standard InChI is InChI=1S/C27H20N2O4/c1-3-33-27(32)21-15(2)28-19-13-14-20(29-26(31)16-9-5-4-6-10-16)24-23(19)22(21)17-11-7-8-12-18(17)25(24)30/h4-14H,3H2,1-2H3,(H,29,31). The molecule has 0 fully saturated rings. The lowest BCUT2D eigenvalue weighted by atomic mass is 9.80. The van der Waals surface area contributed by atoms with E-state index in [1.54, 1.807) is 62.4 Å². The summed E-state index contributed by atoms with van der Waals surface area (Å²) in [6.07, 6.45) is 0. The molecule has 0 bridgehead atoms. The molecule has 5 rings (SSSR count). The first-order valence-electron chi connectivity index (χ1n) is 10.7. The van der Waals surface area contributed by atoms with Crippen molar-refractivity contribution in [3.8, 4) is 11.1 Å². The molecule has 0 aliphatic heterocycles. The fourth-order valence-corrected chi connectivity index (χ4v) is 4.36. The summed E-state index contributed by atoms with van der Waals surface area (Å²) in [4.78, 5) is 44.1. The van der Waals surface area contributed by atoms with Crippen LogP contribution in [0.25, 0.3) is 22.0 Å². The highest BCUT2D eigenvalue weighted by Crippen LogP contribution is 2.44. The van der Waals surface area contributed by atoms with E-state index in [-0.39, 0.29) is 18.3 Å². The lowest BCUT2D eigenvalue weighted by Gasteiger charge is -2.24. The molecular weight excluding hydrogens is 416 g/mol.